The van der Waals surface area contributed by atoms with Crippen molar-refractivity contribution in [2.75, 3.05) is 19.8 Å². The highest BCUT2D eigenvalue weighted by molar-refractivity contribution is 5.10. The van der Waals surface area contributed by atoms with Gasteiger partial charge in [-0.25, -0.2) is 0 Å². The molecular weight excluding hydrogens is 200 g/mol. The number of ether oxygens (including phenoxy) is 1. The lowest BCUT2D eigenvalue weighted by molar-refractivity contribution is -0.0991. The van der Waals surface area contributed by atoms with E-state index in [0.29, 0.717) is 5.41 Å². The van der Waals surface area contributed by atoms with Crippen molar-refractivity contribution >= 4 is 0 Å². The number of nitrogens with one attached hydrogen (secondary N) is 1. The largest absolute Gasteiger partial charge is 0.380 e. The zero-order chi connectivity index (χ0) is 11.4. The molecule has 1 aromatic heterocycles. The Bertz CT molecular complexity index is 328. The fourth-order valence-corrected chi connectivity index (χ4v) is 2.05. The molecule has 2 rings (SSSR count). The van der Waals surface area contributed by atoms with Crippen molar-refractivity contribution in [1.82, 2.24) is 9.88 Å². The van der Waals surface area contributed by atoms with Gasteiger partial charge in [0.2, 0.25) is 0 Å². The first kappa shape index (κ1) is 11.7. The summed E-state index contributed by atoms with van der Waals surface area (Å²) in [6, 6.07) is 2.20. The summed E-state index contributed by atoms with van der Waals surface area (Å²) in [7, 11) is 0. The minimum absolute atomic E-state index is 0.367. The van der Waals surface area contributed by atoms with Gasteiger partial charge in [0, 0.05) is 37.4 Å². The van der Waals surface area contributed by atoms with E-state index in [1.54, 1.807) is 0 Å². The van der Waals surface area contributed by atoms with Gasteiger partial charge in [-0.2, -0.15) is 0 Å². The molecule has 1 N–H and O–H groups in total. The number of aromatic nitrogens is 1. The van der Waals surface area contributed by atoms with Crippen LogP contribution in [0.25, 0.3) is 0 Å². The molecule has 3 nitrogen and oxygen atoms in total. The number of hydrogen-bond acceptors (Lipinski definition) is 2. The van der Waals surface area contributed by atoms with Crippen LogP contribution in [0.2, 0.25) is 0 Å². The Kier molecular flexibility index (Phi) is 3.66. The third kappa shape index (κ3) is 2.86. The molecule has 1 aliphatic heterocycles. The minimum atomic E-state index is 0.367. The summed E-state index contributed by atoms with van der Waals surface area (Å²) in [6.45, 7) is 9.40. The third-order valence-electron chi connectivity index (χ3n) is 3.08. The molecule has 0 aliphatic carbocycles. The van der Waals surface area contributed by atoms with Gasteiger partial charge in [0.15, 0.2) is 0 Å². The summed E-state index contributed by atoms with van der Waals surface area (Å²) < 4.78 is 7.49. The summed E-state index contributed by atoms with van der Waals surface area (Å²) >= 11 is 0. The SMILES string of the molecule is CCCn1ccc(CNCC2(C)COC2)c1. The number of aryl methyl sites for hydroxylation is 1. The summed E-state index contributed by atoms with van der Waals surface area (Å²) in [5.41, 5.74) is 1.74. The van der Waals surface area contributed by atoms with E-state index in [-0.39, 0.29) is 0 Å². The van der Waals surface area contributed by atoms with E-state index >= 15 is 0 Å². The molecule has 90 valence electrons. The molecule has 0 bridgehead atoms. The lowest BCUT2D eigenvalue weighted by atomic mass is 9.89. The second-order valence-corrected chi connectivity index (χ2v) is 5.16. The van der Waals surface area contributed by atoms with Gasteiger partial charge in [-0.15, -0.1) is 0 Å². The third-order valence-corrected chi connectivity index (χ3v) is 3.08. The Morgan fingerprint density at radius 2 is 2.31 bits per heavy atom. The summed E-state index contributed by atoms with van der Waals surface area (Å²) in [5.74, 6) is 0. The van der Waals surface area contributed by atoms with Gasteiger partial charge < -0.3 is 14.6 Å². The Morgan fingerprint density at radius 3 is 2.94 bits per heavy atom. The monoisotopic (exact) mass is 222 g/mol. The van der Waals surface area contributed by atoms with Gasteiger partial charge >= 0.3 is 0 Å². The molecule has 0 amide bonds. The fraction of sp³-hybridized carbons (Fsp3) is 0.692. The first-order valence-corrected chi connectivity index (χ1v) is 6.15. The Hall–Kier alpha value is -0.800. The highest BCUT2D eigenvalue weighted by atomic mass is 16.5. The maximum absolute atomic E-state index is 5.23. The average Bonchev–Trinajstić information content (AvgIpc) is 2.64. The van der Waals surface area contributed by atoms with Crippen LogP contribution in [0.4, 0.5) is 0 Å². The molecule has 1 fully saturated rings. The Labute approximate surface area is 97.8 Å². The van der Waals surface area contributed by atoms with Gasteiger partial charge in [0.25, 0.3) is 0 Å². The van der Waals surface area contributed by atoms with Crippen LogP contribution in [0.15, 0.2) is 18.5 Å². The predicted octanol–water partition coefficient (Wildman–Crippen LogP) is 2.02. The molecule has 3 heteroatoms. The zero-order valence-electron chi connectivity index (χ0n) is 10.3. The average molecular weight is 222 g/mol. The topological polar surface area (TPSA) is 26.2 Å². The fourth-order valence-electron chi connectivity index (χ4n) is 2.05. The lowest BCUT2D eigenvalue weighted by Crippen LogP contribution is -2.47. The van der Waals surface area contributed by atoms with E-state index in [1.165, 1.54) is 12.0 Å². The van der Waals surface area contributed by atoms with Crippen LogP contribution >= 0.6 is 0 Å². The quantitative estimate of drug-likeness (QED) is 0.797. The van der Waals surface area contributed by atoms with Crippen molar-refractivity contribution in [1.29, 1.82) is 0 Å². The molecule has 0 aromatic carbocycles. The molecule has 0 atom stereocenters. The second-order valence-electron chi connectivity index (χ2n) is 5.16. The molecule has 0 spiro atoms. The van der Waals surface area contributed by atoms with Crippen LogP contribution in [0.3, 0.4) is 0 Å². The van der Waals surface area contributed by atoms with Crippen LogP contribution in [0.5, 0.6) is 0 Å². The van der Waals surface area contributed by atoms with E-state index in [0.717, 1.165) is 32.8 Å². The van der Waals surface area contributed by atoms with E-state index in [1.807, 2.05) is 0 Å². The standard InChI is InChI=1S/C13H22N2O/c1-3-5-15-6-4-12(8-15)7-14-9-13(2)10-16-11-13/h4,6,8,14H,3,5,7,9-11H2,1-2H3. The number of rotatable bonds is 6. The van der Waals surface area contributed by atoms with Gasteiger partial charge in [-0.1, -0.05) is 13.8 Å². The van der Waals surface area contributed by atoms with Crippen molar-refractivity contribution in [3.63, 3.8) is 0 Å². The molecule has 0 unspecified atom stereocenters. The van der Waals surface area contributed by atoms with E-state index in [4.69, 9.17) is 4.74 Å². The Balaban J connectivity index is 1.72. The Morgan fingerprint density at radius 1 is 1.50 bits per heavy atom. The van der Waals surface area contributed by atoms with Crippen LogP contribution in [-0.4, -0.2) is 24.3 Å². The minimum Gasteiger partial charge on any atom is -0.380 e. The molecular formula is C13H22N2O. The van der Waals surface area contributed by atoms with Crippen LogP contribution in [0.1, 0.15) is 25.8 Å². The number of nitrogens with zero attached hydrogens (tertiary/aromatic N) is 1. The molecule has 1 saturated heterocycles. The highest BCUT2D eigenvalue weighted by Gasteiger charge is 2.32. The van der Waals surface area contributed by atoms with Crippen LogP contribution < -0.4 is 5.32 Å². The maximum atomic E-state index is 5.23. The van der Waals surface area contributed by atoms with Gasteiger partial charge in [-0.05, 0) is 18.1 Å². The maximum Gasteiger partial charge on any atom is 0.0554 e. The molecule has 2 heterocycles. The predicted molar refractivity (Wildman–Crippen MR) is 65.4 cm³/mol. The number of hydrogen-bond donors (Lipinski definition) is 1. The highest BCUT2D eigenvalue weighted by Crippen LogP contribution is 2.25. The second kappa shape index (κ2) is 5.02. The van der Waals surface area contributed by atoms with Crippen LogP contribution in [0, 0.1) is 5.41 Å². The normalized spacial score (nSPS) is 18.4. The molecule has 0 saturated carbocycles. The van der Waals surface area contributed by atoms with Crippen molar-refractivity contribution in [3.05, 3.63) is 24.0 Å². The molecule has 0 radical (unpaired) electrons. The van der Waals surface area contributed by atoms with Gasteiger partial charge in [0.05, 0.1) is 13.2 Å². The smallest absolute Gasteiger partial charge is 0.0554 e. The van der Waals surface area contributed by atoms with E-state index in [9.17, 15) is 0 Å². The first-order chi connectivity index (χ1) is 7.72. The van der Waals surface area contributed by atoms with Gasteiger partial charge in [-0.3, -0.25) is 0 Å². The van der Waals surface area contributed by atoms with Crippen molar-refractivity contribution in [3.8, 4) is 0 Å². The molecule has 1 aliphatic rings. The first-order valence-electron chi connectivity index (χ1n) is 6.15. The summed E-state index contributed by atoms with van der Waals surface area (Å²) in [5, 5.41) is 3.51. The molecule has 16 heavy (non-hydrogen) atoms. The van der Waals surface area contributed by atoms with Crippen molar-refractivity contribution < 1.29 is 4.74 Å². The summed E-state index contributed by atoms with van der Waals surface area (Å²) in [4.78, 5) is 0. The summed E-state index contributed by atoms with van der Waals surface area (Å²) in [6.07, 6.45) is 5.59. The zero-order valence-corrected chi connectivity index (χ0v) is 10.3. The van der Waals surface area contributed by atoms with E-state index in [2.05, 4.69) is 42.2 Å². The van der Waals surface area contributed by atoms with E-state index < -0.39 is 0 Å². The van der Waals surface area contributed by atoms with Crippen molar-refractivity contribution in [2.45, 2.75) is 33.4 Å². The molecule has 1 aromatic rings. The lowest BCUT2D eigenvalue weighted by Gasteiger charge is -2.38. The van der Waals surface area contributed by atoms with Crippen molar-refractivity contribution in [2.24, 2.45) is 5.41 Å². The van der Waals surface area contributed by atoms with Crippen LogP contribution in [-0.2, 0) is 17.8 Å². The van der Waals surface area contributed by atoms with Gasteiger partial charge in [0.1, 0.15) is 0 Å².